The molecule has 5 nitrogen and oxygen atoms in total. The number of ether oxygens (including phenoxy) is 2. The fourth-order valence-corrected chi connectivity index (χ4v) is 2.41. The smallest absolute Gasteiger partial charge is 0.193 e. The van der Waals surface area contributed by atoms with Crippen LogP contribution in [-0.2, 0) is 11.3 Å². The van der Waals surface area contributed by atoms with Gasteiger partial charge in [-0.15, -0.1) is 24.0 Å². The standard InChI is InChI=1S/C19H31N3O2.HI/c1-15(2)24-18-7-5-6-17(12-18)13-21-19(20-3)22(4)10-11-23-14-16-8-9-16;/h5-7,12,15-16H,8-11,13-14H2,1-4H3,(H,20,21);1H. The molecule has 1 aromatic rings. The monoisotopic (exact) mass is 461 g/mol. The molecule has 1 aliphatic rings. The Morgan fingerprint density at radius 3 is 2.76 bits per heavy atom. The van der Waals surface area contributed by atoms with Crippen LogP contribution in [0, 0.1) is 5.92 Å². The highest BCUT2D eigenvalue weighted by Crippen LogP contribution is 2.28. The van der Waals surface area contributed by atoms with Crippen LogP contribution in [0.25, 0.3) is 0 Å². The predicted octanol–water partition coefficient (Wildman–Crippen LogP) is 3.53. The molecule has 0 unspecified atom stereocenters. The average molecular weight is 461 g/mol. The first kappa shape index (κ1) is 22.0. The lowest BCUT2D eigenvalue weighted by Gasteiger charge is -2.22. The molecule has 0 amide bonds. The number of aliphatic imine (C=N–C) groups is 1. The van der Waals surface area contributed by atoms with Gasteiger partial charge in [0.15, 0.2) is 5.96 Å². The van der Waals surface area contributed by atoms with Gasteiger partial charge in [-0.25, -0.2) is 0 Å². The van der Waals surface area contributed by atoms with E-state index in [1.807, 2.05) is 40.1 Å². The molecule has 0 bridgehead atoms. The third kappa shape index (κ3) is 8.76. The van der Waals surface area contributed by atoms with Crippen LogP contribution in [0.2, 0.25) is 0 Å². The average Bonchev–Trinajstić information content (AvgIpc) is 3.36. The Kier molecular flexibility index (Phi) is 10.2. The number of hydrogen-bond acceptors (Lipinski definition) is 3. The molecule has 1 N–H and O–H groups in total. The Hall–Kier alpha value is -1.02. The van der Waals surface area contributed by atoms with Crippen molar-refractivity contribution in [1.82, 2.24) is 10.2 Å². The van der Waals surface area contributed by atoms with Crippen molar-refractivity contribution < 1.29 is 9.47 Å². The summed E-state index contributed by atoms with van der Waals surface area (Å²) in [5.41, 5.74) is 1.17. The van der Waals surface area contributed by atoms with Crippen molar-refractivity contribution in [2.45, 2.75) is 39.3 Å². The summed E-state index contributed by atoms with van der Waals surface area (Å²) < 4.78 is 11.4. The molecule has 0 aromatic heterocycles. The van der Waals surface area contributed by atoms with E-state index in [1.54, 1.807) is 0 Å². The van der Waals surface area contributed by atoms with Gasteiger partial charge < -0.3 is 19.7 Å². The zero-order valence-electron chi connectivity index (χ0n) is 15.8. The predicted molar refractivity (Wildman–Crippen MR) is 114 cm³/mol. The van der Waals surface area contributed by atoms with Crippen molar-refractivity contribution in [3.05, 3.63) is 29.8 Å². The van der Waals surface area contributed by atoms with Gasteiger partial charge in [0.2, 0.25) is 0 Å². The second kappa shape index (κ2) is 11.6. The molecule has 0 atom stereocenters. The van der Waals surface area contributed by atoms with Gasteiger partial charge in [0.25, 0.3) is 0 Å². The zero-order chi connectivity index (χ0) is 17.4. The number of nitrogens with one attached hydrogen (secondary N) is 1. The summed E-state index contributed by atoms with van der Waals surface area (Å²) in [6, 6.07) is 8.17. The number of guanidine groups is 1. The number of likely N-dealkylation sites (N-methyl/N-ethyl adjacent to an activating group) is 1. The molecular weight excluding hydrogens is 429 g/mol. The van der Waals surface area contributed by atoms with Crippen LogP contribution in [0.1, 0.15) is 32.3 Å². The van der Waals surface area contributed by atoms with Crippen molar-refractivity contribution in [1.29, 1.82) is 0 Å². The van der Waals surface area contributed by atoms with E-state index in [1.165, 1.54) is 18.4 Å². The molecule has 1 aromatic carbocycles. The Morgan fingerprint density at radius 1 is 1.36 bits per heavy atom. The lowest BCUT2D eigenvalue weighted by molar-refractivity contribution is 0.115. The van der Waals surface area contributed by atoms with Crippen molar-refractivity contribution in [2.75, 3.05) is 33.9 Å². The first-order valence-corrected chi connectivity index (χ1v) is 8.83. The third-order valence-electron chi connectivity index (χ3n) is 3.92. The maximum atomic E-state index is 5.74. The second-order valence-electron chi connectivity index (χ2n) is 6.65. The van der Waals surface area contributed by atoms with Gasteiger partial charge in [-0.1, -0.05) is 12.1 Å². The fourth-order valence-electron chi connectivity index (χ4n) is 2.41. The van der Waals surface area contributed by atoms with Crippen LogP contribution in [-0.4, -0.2) is 50.8 Å². The Morgan fingerprint density at radius 2 is 2.12 bits per heavy atom. The molecule has 142 valence electrons. The van der Waals surface area contributed by atoms with Gasteiger partial charge in [0.05, 0.1) is 12.7 Å². The van der Waals surface area contributed by atoms with Crippen molar-refractivity contribution >= 4 is 29.9 Å². The summed E-state index contributed by atoms with van der Waals surface area (Å²) >= 11 is 0. The van der Waals surface area contributed by atoms with Crippen LogP contribution in [0.15, 0.2) is 29.3 Å². The van der Waals surface area contributed by atoms with Crippen LogP contribution < -0.4 is 10.1 Å². The molecule has 1 aliphatic carbocycles. The summed E-state index contributed by atoms with van der Waals surface area (Å²) in [5.74, 6) is 2.59. The minimum absolute atomic E-state index is 0. The summed E-state index contributed by atoms with van der Waals surface area (Å²) in [7, 11) is 3.84. The summed E-state index contributed by atoms with van der Waals surface area (Å²) in [6.45, 7) is 7.27. The molecule has 2 rings (SSSR count). The molecule has 1 fully saturated rings. The fraction of sp³-hybridized carbons (Fsp3) is 0.632. The van der Waals surface area contributed by atoms with Gasteiger partial charge >= 0.3 is 0 Å². The topological polar surface area (TPSA) is 46.1 Å². The highest BCUT2D eigenvalue weighted by Gasteiger charge is 2.21. The molecular formula is C19H32IN3O2. The Labute approximate surface area is 169 Å². The van der Waals surface area contributed by atoms with E-state index in [9.17, 15) is 0 Å². The Balaban J connectivity index is 0.00000312. The van der Waals surface area contributed by atoms with Crippen LogP contribution >= 0.6 is 24.0 Å². The van der Waals surface area contributed by atoms with Crippen LogP contribution in [0.3, 0.4) is 0 Å². The number of rotatable bonds is 9. The summed E-state index contributed by atoms with van der Waals surface area (Å²) in [4.78, 5) is 6.44. The van der Waals surface area contributed by atoms with E-state index < -0.39 is 0 Å². The molecule has 1 saturated carbocycles. The van der Waals surface area contributed by atoms with Crippen LogP contribution in [0.5, 0.6) is 5.75 Å². The zero-order valence-corrected chi connectivity index (χ0v) is 18.2. The third-order valence-corrected chi connectivity index (χ3v) is 3.92. The Bertz CT molecular complexity index is 533. The van der Waals surface area contributed by atoms with E-state index in [-0.39, 0.29) is 30.1 Å². The molecule has 0 radical (unpaired) electrons. The van der Waals surface area contributed by atoms with Gasteiger partial charge in [-0.05, 0) is 50.3 Å². The van der Waals surface area contributed by atoms with E-state index in [0.29, 0.717) is 0 Å². The van der Waals surface area contributed by atoms with Crippen molar-refractivity contribution in [2.24, 2.45) is 10.9 Å². The first-order valence-electron chi connectivity index (χ1n) is 8.83. The highest BCUT2D eigenvalue weighted by molar-refractivity contribution is 14.0. The normalized spacial score (nSPS) is 14.2. The second-order valence-corrected chi connectivity index (χ2v) is 6.65. The summed E-state index contributed by atoms with van der Waals surface area (Å²) in [6.07, 6.45) is 2.85. The number of benzene rings is 1. The molecule has 0 spiro atoms. The van der Waals surface area contributed by atoms with Crippen molar-refractivity contribution in [3.8, 4) is 5.75 Å². The van der Waals surface area contributed by atoms with E-state index >= 15 is 0 Å². The maximum Gasteiger partial charge on any atom is 0.193 e. The SMILES string of the molecule is CN=C(NCc1cccc(OC(C)C)c1)N(C)CCOCC1CC1.I. The van der Waals surface area contributed by atoms with Crippen LogP contribution in [0.4, 0.5) is 0 Å². The van der Waals surface area contributed by atoms with Gasteiger partial charge in [0.1, 0.15) is 5.75 Å². The molecule has 0 heterocycles. The molecule has 25 heavy (non-hydrogen) atoms. The lowest BCUT2D eigenvalue weighted by Crippen LogP contribution is -2.40. The minimum atomic E-state index is 0. The summed E-state index contributed by atoms with van der Waals surface area (Å²) in [5, 5.41) is 3.39. The first-order chi connectivity index (χ1) is 11.6. The number of hydrogen-bond donors (Lipinski definition) is 1. The number of nitrogens with zero attached hydrogens (tertiary/aromatic N) is 2. The van der Waals surface area contributed by atoms with Crippen molar-refractivity contribution in [3.63, 3.8) is 0 Å². The number of halogens is 1. The van der Waals surface area contributed by atoms with Gasteiger partial charge in [0, 0.05) is 33.8 Å². The maximum absolute atomic E-state index is 5.74. The lowest BCUT2D eigenvalue weighted by atomic mass is 10.2. The molecule has 6 heteroatoms. The molecule has 0 aliphatic heterocycles. The molecule has 0 saturated heterocycles. The van der Waals surface area contributed by atoms with E-state index in [2.05, 4.69) is 27.3 Å². The minimum Gasteiger partial charge on any atom is -0.491 e. The van der Waals surface area contributed by atoms with Gasteiger partial charge in [-0.2, -0.15) is 0 Å². The highest BCUT2D eigenvalue weighted by atomic mass is 127. The van der Waals surface area contributed by atoms with E-state index in [0.717, 1.165) is 43.9 Å². The van der Waals surface area contributed by atoms with E-state index in [4.69, 9.17) is 9.47 Å². The quantitative estimate of drug-likeness (QED) is 0.265. The largest absolute Gasteiger partial charge is 0.491 e. The van der Waals surface area contributed by atoms with Gasteiger partial charge in [-0.3, -0.25) is 4.99 Å².